The van der Waals surface area contributed by atoms with Gasteiger partial charge in [-0.3, -0.25) is 53.3 Å². The molecule has 18 nitrogen and oxygen atoms in total. The van der Waals surface area contributed by atoms with E-state index >= 15 is 0 Å². The Labute approximate surface area is 331 Å². The average Bonchev–Trinajstić information content (AvgIpc) is 3.58. The molecule has 0 bridgehead atoms. The maximum atomic E-state index is 14.1. The normalized spacial score (nSPS) is 13.1. The molecule has 0 spiro atoms. The van der Waals surface area contributed by atoms with Gasteiger partial charge in [0, 0.05) is 91.9 Å². The predicted octanol–water partition coefficient (Wildman–Crippen LogP) is 3.37. The molecule has 18 heteroatoms. The lowest BCUT2D eigenvalue weighted by atomic mass is 9.88. The van der Waals surface area contributed by atoms with E-state index < -0.39 is 114 Å². The lowest BCUT2D eigenvalue weighted by Gasteiger charge is -2.24. The Kier molecular flexibility index (Phi) is 17.6. The number of hydrogen-bond acceptors (Lipinski definition) is 11. The molecule has 0 aliphatic rings. The van der Waals surface area contributed by atoms with Crippen molar-refractivity contribution < 1.29 is 63.4 Å². The van der Waals surface area contributed by atoms with Gasteiger partial charge in [0.25, 0.3) is 5.69 Å². The first-order chi connectivity index (χ1) is 27.4. The zero-order valence-corrected chi connectivity index (χ0v) is 31.8. The number of aliphatic carboxylic acids is 3. The molecular formula is C40H46N4O14. The first-order valence-electron chi connectivity index (χ1n) is 18.5. The van der Waals surface area contributed by atoms with Gasteiger partial charge in [0.15, 0.2) is 11.6 Å². The van der Waals surface area contributed by atoms with Gasteiger partial charge in [-0.1, -0.05) is 30.3 Å². The maximum Gasteiger partial charge on any atom is 0.303 e. The van der Waals surface area contributed by atoms with E-state index in [4.69, 9.17) is 10.2 Å². The smallest absolute Gasteiger partial charge is 0.303 e. The van der Waals surface area contributed by atoms with Gasteiger partial charge < -0.3 is 30.9 Å². The Morgan fingerprint density at radius 3 is 1.91 bits per heavy atom. The molecule has 6 N–H and O–H groups in total. The highest BCUT2D eigenvalue weighted by Crippen LogP contribution is 2.23. The van der Waals surface area contributed by atoms with Crippen LogP contribution in [-0.4, -0.2) is 90.7 Å². The van der Waals surface area contributed by atoms with Crippen LogP contribution in [-0.2, 0) is 56.0 Å². The van der Waals surface area contributed by atoms with E-state index in [0.717, 1.165) is 10.9 Å². The first kappa shape index (κ1) is 45.8. The van der Waals surface area contributed by atoms with Crippen LogP contribution in [0.5, 0.6) is 0 Å². The number of nitro benzene ring substituents is 1. The van der Waals surface area contributed by atoms with Crippen LogP contribution < -0.4 is 10.6 Å². The Morgan fingerprint density at radius 2 is 1.31 bits per heavy atom. The number of Topliss-reactive ketones (excluding diaryl/α,β-unsaturated/α-hetero) is 4. The van der Waals surface area contributed by atoms with Crippen LogP contribution in [0.2, 0.25) is 0 Å². The van der Waals surface area contributed by atoms with E-state index in [9.17, 15) is 58.4 Å². The number of ketones is 4. The van der Waals surface area contributed by atoms with Crippen LogP contribution in [0, 0.1) is 27.9 Å². The number of H-pyrrole nitrogens is 1. The zero-order chi connectivity index (χ0) is 42.9. The Hall–Kier alpha value is -6.59. The number of carboxylic acids is 3. The van der Waals surface area contributed by atoms with E-state index in [1.807, 2.05) is 6.07 Å². The molecule has 0 radical (unpaired) electrons. The lowest BCUT2D eigenvalue weighted by Crippen LogP contribution is -2.47. The molecule has 2 aromatic carbocycles. The summed E-state index contributed by atoms with van der Waals surface area (Å²) >= 11 is 0. The summed E-state index contributed by atoms with van der Waals surface area (Å²) < 4.78 is 0. The van der Waals surface area contributed by atoms with Crippen molar-refractivity contribution in [1.82, 2.24) is 15.6 Å². The van der Waals surface area contributed by atoms with E-state index in [1.165, 1.54) is 31.2 Å². The van der Waals surface area contributed by atoms with E-state index in [-0.39, 0.29) is 50.6 Å². The number of benzene rings is 2. The third kappa shape index (κ3) is 15.2. The Bertz CT molecular complexity index is 2020. The van der Waals surface area contributed by atoms with Crippen molar-refractivity contribution in [3.63, 3.8) is 0 Å². The number of carbonyl (C=O) groups is 9. The van der Waals surface area contributed by atoms with Crippen LogP contribution >= 0.6 is 0 Å². The van der Waals surface area contributed by atoms with Crippen molar-refractivity contribution in [2.24, 2.45) is 17.8 Å². The average molecular weight is 807 g/mol. The topological polar surface area (TPSA) is 297 Å². The molecule has 0 saturated carbocycles. The van der Waals surface area contributed by atoms with Gasteiger partial charge in [-0.15, -0.1) is 0 Å². The molecule has 3 aromatic rings. The van der Waals surface area contributed by atoms with E-state index in [1.54, 1.807) is 24.4 Å². The minimum atomic E-state index is -1.25. The van der Waals surface area contributed by atoms with Crippen molar-refractivity contribution in [2.75, 3.05) is 6.54 Å². The van der Waals surface area contributed by atoms with Gasteiger partial charge in [-0.2, -0.15) is 0 Å². The van der Waals surface area contributed by atoms with Gasteiger partial charge >= 0.3 is 17.9 Å². The fourth-order valence-electron chi connectivity index (χ4n) is 6.41. The molecular weight excluding hydrogens is 760 g/mol. The molecule has 0 aliphatic heterocycles. The number of nitro groups is 1. The summed E-state index contributed by atoms with van der Waals surface area (Å²) in [6, 6.07) is 11.2. The SMILES string of the molecule is CC(=O)[C@H](CCC(=O)O)CC(=O)[C@H](Cc1c[nH]c2ccccc12)NC(=O)[C@@H](CC(=O)CNC(=O)[C@H](CCC(=O)O)CC(=O)CCC(=O)O)Cc1ccc([N+](=O)[O-])cc1. The third-order valence-electron chi connectivity index (χ3n) is 9.64. The third-order valence-corrected chi connectivity index (χ3v) is 9.64. The minimum Gasteiger partial charge on any atom is -0.481 e. The summed E-state index contributed by atoms with van der Waals surface area (Å²) in [6.07, 6.45) is -1.99. The Balaban J connectivity index is 1.88. The number of rotatable bonds is 27. The predicted molar refractivity (Wildman–Crippen MR) is 204 cm³/mol. The fraction of sp³-hybridized carbons (Fsp3) is 0.425. The summed E-state index contributed by atoms with van der Waals surface area (Å²) in [6.45, 7) is 0.598. The molecule has 1 aromatic heterocycles. The lowest BCUT2D eigenvalue weighted by molar-refractivity contribution is -0.384. The number of carbonyl (C=O) groups excluding carboxylic acids is 6. The summed E-state index contributed by atoms with van der Waals surface area (Å²) in [5, 5.41) is 44.3. The first-order valence-corrected chi connectivity index (χ1v) is 18.5. The largest absolute Gasteiger partial charge is 0.481 e. The number of aromatic nitrogens is 1. The highest BCUT2D eigenvalue weighted by molar-refractivity contribution is 5.96. The second-order valence-electron chi connectivity index (χ2n) is 14.1. The molecule has 1 heterocycles. The molecule has 310 valence electrons. The van der Waals surface area contributed by atoms with Crippen molar-refractivity contribution in [3.8, 4) is 0 Å². The quantitative estimate of drug-likeness (QED) is 0.0476. The monoisotopic (exact) mass is 806 g/mol. The van der Waals surface area contributed by atoms with Gasteiger partial charge in [-0.05, 0) is 43.4 Å². The Morgan fingerprint density at radius 1 is 0.707 bits per heavy atom. The second kappa shape index (κ2) is 22.2. The fourth-order valence-corrected chi connectivity index (χ4v) is 6.41. The molecule has 2 amide bonds. The van der Waals surface area contributed by atoms with Gasteiger partial charge in [0.05, 0.1) is 23.9 Å². The standard InChI is InChI=1S/C40H46N4O14/c1-23(45)25(8-13-36(49)50)20-35(48)34(19-28-21-41-33-5-3-2-4-32(28)33)43-40(56)27(16-24-6-10-29(11-7-24)44(57)58)18-31(47)22-42-39(55)26(9-14-37(51)52)17-30(46)12-15-38(53)54/h2-7,10-11,21,25-27,34,41H,8-9,12-20,22H2,1H3,(H,42,55)(H,43,56)(H,49,50)(H,51,52)(H,53,54)/t25-,26-,27-,34+/m1/s1. The number of aromatic amines is 1. The molecule has 0 saturated heterocycles. The minimum absolute atomic E-state index is 0.0463. The summed E-state index contributed by atoms with van der Waals surface area (Å²) in [5.74, 6) is -10.8. The molecule has 0 fully saturated rings. The number of hydrogen-bond donors (Lipinski definition) is 6. The maximum absolute atomic E-state index is 14.1. The highest BCUT2D eigenvalue weighted by atomic mass is 16.6. The van der Waals surface area contributed by atoms with Crippen molar-refractivity contribution in [3.05, 3.63) is 76.0 Å². The van der Waals surface area contributed by atoms with Gasteiger partial charge in [0.1, 0.15) is 11.6 Å². The second-order valence-corrected chi connectivity index (χ2v) is 14.1. The van der Waals surface area contributed by atoms with Crippen LogP contribution in [0.4, 0.5) is 5.69 Å². The van der Waals surface area contributed by atoms with Gasteiger partial charge in [-0.25, -0.2) is 0 Å². The summed E-state index contributed by atoms with van der Waals surface area (Å²) in [5.41, 5.74) is 1.58. The van der Waals surface area contributed by atoms with Crippen molar-refractivity contribution in [1.29, 1.82) is 0 Å². The van der Waals surface area contributed by atoms with E-state index in [2.05, 4.69) is 15.6 Å². The molecule has 4 atom stereocenters. The van der Waals surface area contributed by atoms with E-state index in [0.29, 0.717) is 11.1 Å². The molecule has 0 unspecified atom stereocenters. The van der Waals surface area contributed by atoms with Gasteiger partial charge in [0.2, 0.25) is 11.8 Å². The summed E-state index contributed by atoms with van der Waals surface area (Å²) in [4.78, 5) is 126. The number of nitrogens with one attached hydrogen (secondary N) is 3. The highest BCUT2D eigenvalue weighted by Gasteiger charge is 2.31. The van der Waals surface area contributed by atoms with Crippen LogP contribution in [0.15, 0.2) is 54.7 Å². The number of amides is 2. The van der Waals surface area contributed by atoms with Crippen LogP contribution in [0.1, 0.15) is 75.8 Å². The molecule has 3 rings (SSSR count). The van der Waals surface area contributed by atoms with Crippen molar-refractivity contribution in [2.45, 2.75) is 83.6 Å². The molecule has 58 heavy (non-hydrogen) atoms. The zero-order valence-electron chi connectivity index (χ0n) is 31.8. The number of non-ortho nitro benzene ring substituents is 1. The summed E-state index contributed by atoms with van der Waals surface area (Å²) in [7, 11) is 0. The van der Waals surface area contributed by atoms with Crippen LogP contribution in [0.25, 0.3) is 10.9 Å². The van der Waals surface area contributed by atoms with Crippen molar-refractivity contribution >= 4 is 69.4 Å². The molecule has 0 aliphatic carbocycles. The number of para-hydroxylation sites is 1. The number of fused-ring (bicyclic) bond motifs is 1. The van der Waals surface area contributed by atoms with Crippen LogP contribution in [0.3, 0.4) is 0 Å². The number of carboxylic acid groups (broad SMARTS) is 3. The number of nitrogens with zero attached hydrogens (tertiary/aromatic N) is 1.